The van der Waals surface area contributed by atoms with E-state index in [1.165, 1.54) is 12.8 Å². The van der Waals surface area contributed by atoms with Gasteiger partial charge in [-0.25, -0.2) is 9.67 Å². The van der Waals surface area contributed by atoms with E-state index in [0.29, 0.717) is 12.6 Å². The van der Waals surface area contributed by atoms with Gasteiger partial charge >= 0.3 is 0 Å². The third kappa shape index (κ3) is 3.77. The fourth-order valence-corrected chi connectivity index (χ4v) is 3.61. The molecule has 1 unspecified atom stereocenters. The maximum Gasteiger partial charge on any atom is 0.266 e. The lowest BCUT2D eigenvalue weighted by molar-refractivity contribution is 0.148. The van der Waals surface area contributed by atoms with Crippen molar-refractivity contribution in [1.29, 1.82) is 0 Å². The summed E-state index contributed by atoms with van der Waals surface area (Å²) in [5.74, 6) is 0.817. The maximum atomic E-state index is 11.8. The first-order valence-electron chi connectivity index (χ1n) is 9.24. The standard InChI is InChI=1S/C19H24N6O/c26-18-9-5-10-21-25(18)13-12-24-11-4-3-6-15(24)14-20-19-22-16-7-1-2-8-17(16)23-19/h1-2,5,7-10,15H,3-4,6,11-14H2,(H2,20,22,23). The van der Waals surface area contributed by atoms with E-state index in [1.54, 1.807) is 23.0 Å². The van der Waals surface area contributed by atoms with Crippen LogP contribution in [0, 0.1) is 0 Å². The van der Waals surface area contributed by atoms with Crippen LogP contribution in [0.4, 0.5) is 5.95 Å². The molecule has 2 N–H and O–H groups in total. The van der Waals surface area contributed by atoms with Crippen LogP contribution in [0.25, 0.3) is 11.0 Å². The number of nitrogens with one attached hydrogen (secondary N) is 2. The summed E-state index contributed by atoms with van der Waals surface area (Å²) in [7, 11) is 0. The fourth-order valence-electron chi connectivity index (χ4n) is 3.61. The Morgan fingerprint density at radius 3 is 2.96 bits per heavy atom. The van der Waals surface area contributed by atoms with Crippen molar-refractivity contribution in [3.8, 4) is 0 Å². The summed E-state index contributed by atoms with van der Waals surface area (Å²) >= 11 is 0. The van der Waals surface area contributed by atoms with Gasteiger partial charge in [-0.2, -0.15) is 5.10 Å². The zero-order valence-corrected chi connectivity index (χ0v) is 14.8. The predicted molar refractivity (Wildman–Crippen MR) is 102 cm³/mol. The van der Waals surface area contributed by atoms with Crippen LogP contribution in [0.2, 0.25) is 0 Å². The summed E-state index contributed by atoms with van der Waals surface area (Å²) in [5.41, 5.74) is 1.98. The average Bonchev–Trinajstić information content (AvgIpc) is 3.09. The Morgan fingerprint density at radius 2 is 2.08 bits per heavy atom. The lowest BCUT2D eigenvalue weighted by Gasteiger charge is -2.35. The molecule has 7 nitrogen and oxygen atoms in total. The predicted octanol–water partition coefficient (Wildman–Crippen LogP) is 2.09. The number of imidazole rings is 1. The third-order valence-corrected chi connectivity index (χ3v) is 5.03. The van der Waals surface area contributed by atoms with Crippen LogP contribution in [0.15, 0.2) is 47.4 Å². The van der Waals surface area contributed by atoms with E-state index in [9.17, 15) is 4.79 Å². The van der Waals surface area contributed by atoms with E-state index in [-0.39, 0.29) is 5.56 Å². The van der Waals surface area contributed by atoms with Gasteiger partial charge in [-0.3, -0.25) is 9.69 Å². The third-order valence-electron chi connectivity index (χ3n) is 5.03. The smallest absolute Gasteiger partial charge is 0.266 e. The lowest BCUT2D eigenvalue weighted by Crippen LogP contribution is -2.45. The molecule has 0 bridgehead atoms. The van der Waals surface area contributed by atoms with E-state index >= 15 is 0 Å². The molecule has 0 saturated carbocycles. The Bertz CT molecular complexity index is 884. The quantitative estimate of drug-likeness (QED) is 0.710. The number of para-hydroxylation sites is 2. The number of benzene rings is 1. The largest absolute Gasteiger partial charge is 0.354 e. The molecule has 26 heavy (non-hydrogen) atoms. The fraction of sp³-hybridized carbons (Fsp3) is 0.421. The molecular formula is C19H24N6O. The van der Waals surface area contributed by atoms with Crippen molar-refractivity contribution in [2.45, 2.75) is 31.8 Å². The molecule has 2 aromatic heterocycles. The van der Waals surface area contributed by atoms with Crippen molar-refractivity contribution in [2.75, 3.05) is 25.0 Å². The van der Waals surface area contributed by atoms with Gasteiger partial charge in [-0.15, -0.1) is 0 Å². The molecule has 7 heteroatoms. The topological polar surface area (TPSA) is 78.8 Å². The Hall–Kier alpha value is -2.67. The minimum absolute atomic E-state index is 0.0403. The number of rotatable bonds is 6. The second-order valence-electron chi connectivity index (χ2n) is 6.75. The molecule has 0 amide bonds. The molecule has 3 heterocycles. The first-order chi connectivity index (χ1) is 12.8. The van der Waals surface area contributed by atoms with Crippen molar-refractivity contribution >= 4 is 17.0 Å². The Labute approximate surface area is 152 Å². The first kappa shape index (κ1) is 16.8. The van der Waals surface area contributed by atoms with E-state index in [0.717, 1.165) is 43.0 Å². The van der Waals surface area contributed by atoms with E-state index < -0.39 is 0 Å². The minimum atomic E-state index is -0.0403. The van der Waals surface area contributed by atoms with Crippen LogP contribution in [-0.2, 0) is 6.54 Å². The Morgan fingerprint density at radius 1 is 1.15 bits per heavy atom. The zero-order chi connectivity index (χ0) is 17.8. The lowest BCUT2D eigenvalue weighted by atomic mass is 10.0. The highest BCUT2D eigenvalue weighted by Crippen LogP contribution is 2.18. The molecular weight excluding hydrogens is 328 g/mol. The van der Waals surface area contributed by atoms with Crippen LogP contribution in [0.3, 0.4) is 0 Å². The summed E-state index contributed by atoms with van der Waals surface area (Å²) in [4.78, 5) is 22.2. The van der Waals surface area contributed by atoms with Crippen LogP contribution in [0.1, 0.15) is 19.3 Å². The summed E-state index contributed by atoms with van der Waals surface area (Å²) in [6.07, 6.45) is 5.27. The number of anilines is 1. The van der Waals surface area contributed by atoms with Gasteiger partial charge in [0.05, 0.1) is 17.6 Å². The summed E-state index contributed by atoms with van der Waals surface area (Å²) < 4.78 is 1.54. The maximum absolute atomic E-state index is 11.8. The van der Waals surface area contributed by atoms with Gasteiger partial charge in [0.15, 0.2) is 0 Å². The van der Waals surface area contributed by atoms with Crippen molar-refractivity contribution in [3.05, 3.63) is 52.9 Å². The zero-order valence-electron chi connectivity index (χ0n) is 14.8. The molecule has 136 valence electrons. The molecule has 1 aromatic carbocycles. The van der Waals surface area contributed by atoms with Crippen LogP contribution < -0.4 is 10.9 Å². The second-order valence-corrected chi connectivity index (χ2v) is 6.75. The number of fused-ring (bicyclic) bond motifs is 1. The SMILES string of the molecule is O=c1cccnn1CCN1CCCCC1CNc1nc2ccccc2[nH]1. The number of nitrogens with zero attached hydrogens (tertiary/aromatic N) is 4. The van der Waals surface area contributed by atoms with E-state index in [1.807, 2.05) is 24.3 Å². The number of aromatic amines is 1. The Balaban J connectivity index is 1.37. The summed E-state index contributed by atoms with van der Waals surface area (Å²) in [5, 5.41) is 7.60. The molecule has 0 radical (unpaired) electrons. The molecule has 0 aliphatic carbocycles. The van der Waals surface area contributed by atoms with Gasteiger partial charge in [-0.1, -0.05) is 18.6 Å². The molecule has 1 fully saturated rings. The first-order valence-corrected chi connectivity index (χ1v) is 9.24. The van der Waals surface area contributed by atoms with Gasteiger partial charge in [0.2, 0.25) is 5.95 Å². The summed E-state index contributed by atoms with van der Waals surface area (Å²) in [6, 6.07) is 11.7. The number of piperidine rings is 1. The number of hydrogen-bond donors (Lipinski definition) is 2. The molecule has 4 rings (SSSR count). The van der Waals surface area contributed by atoms with Crippen LogP contribution >= 0.6 is 0 Å². The van der Waals surface area contributed by atoms with Crippen LogP contribution in [-0.4, -0.2) is 50.3 Å². The van der Waals surface area contributed by atoms with Gasteiger partial charge in [0, 0.05) is 31.4 Å². The van der Waals surface area contributed by atoms with Crippen molar-refractivity contribution < 1.29 is 0 Å². The molecule has 1 aliphatic rings. The summed E-state index contributed by atoms with van der Waals surface area (Å²) in [6.45, 7) is 3.37. The molecule has 1 aliphatic heterocycles. The number of aromatic nitrogens is 4. The van der Waals surface area contributed by atoms with Crippen molar-refractivity contribution in [1.82, 2.24) is 24.6 Å². The second kappa shape index (κ2) is 7.70. The van der Waals surface area contributed by atoms with Gasteiger partial charge in [0.1, 0.15) is 0 Å². The number of hydrogen-bond acceptors (Lipinski definition) is 5. The highest BCUT2D eigenvalue weighted by molar-refractivity contribution is 5.77. The molecule has 1 atom stereocenters. The molecule has 0 spiro atoms. The number of H-pyrrole nitrogens is 1. The monoisotopic (exact) mass is 352 g/mol. The van der Waals surface area contributed by atoms with E-state index in [4.69, 9.17) is 0 Å². The normalized spacial score (nSPS) is 18.2. The Kier molecular flexibility index (Phi) is 4.97. The van der Waals surface area contributed by atoms with Gasteiger partial charge in [-0.05, 0) is 37.6 Å². The highest BCUT2D eigenvalue weighted by Gasteiger charge is 2.22. The van der Waals surface area contributed by atoms with Gasteiger partial charge in [0.25, 0.3) is 5.56 Å². The van der Waals surface area contributed by atoms with Crippen LogP contribution in [0.5, 0.6) is 0 Å². The molecule has 3 aromatic rings. The van der Waals surface area contributed by atoms with E-state index in [2.05, 4.69) is 25.3 Å². The number of likely N-dealkylation sites (tertiary alicyclic amines) is 1. The van der Waals surface area contributed by atoms with Crippen molar-refractivity contribution in [3.63, 3.8) is 0 Å². The molecule has 1 saturated heterocycles. The van der Waals surface area contributed by atoms with Gasteiger partial charge < -0.3 is 10.3 Å². The minimum Gasteiger partial charge on any atom is -0.354 e. The van der Waals surface area contributed by atoms with Crippen molar-refractivity contribution in [2.24, 2.45) is 0 Å². The highest BCUT2D eigenvalue weighted by atomic mass is 16.1. The average molecular weight is 352 g/mol.